The fourth-order valence-corrected chi connectivity index (χ4v) is 3.39. The molecule has 1 saturated carbocycles. The van der Waals surface area contributed by atoms with E-state index in [2.05, 4.69) is 5.32 Å². The van der Waals surface area contributed by atoms with Crippen LogP contribution in [0.3, 0.4) is 0 Å². The molecule has 130 valence electrons. The van der Waals surface area contributed by atoms with Gasteiger partial charge < -0.3 is 15.3 Å². The molecule has 1 aromatic carbocycles. The van der Waals surface area contributed by atoms with Crippen LogP contribution in [0.4, 0.5) is 0 Å². The van der Waals surface area contributed by atoms with E-state index in [-0.39, 0.29) is 30.8 Å². The van der Waals surface area contributed by atoms with Gasteiger partial charge in [-0.05, 0) is 38.2 Å². The number of nitrogens with one attached hydrogen (secondary N) is 1. The van der Waals surface area contributed by atoms with Crippen LogP contribution in [0, 0.1) is 18.8 Å². The zero-order valence-electron chi connectivity index (χ0n) is 14.4. The molecule has 2 atom stereocenters. The maximum atomic E-state index is 12.5. The van der Waals surface area contributed by atoms with Crippen molar-refractivity contribution in [3.8, 4) is 0 Å². The number of aryl methyl sites for hydroxylation is 1. The van der Waals surface area contributed by atoms with E-state index < -0.39 is 5.54 Å². The van der Waals surface area contributed by atoms with E-state index in [9.17, 15) is 14.7 Å². The standard InChI is InChI=1S/C19H26N2O3/c1-13-3-5-14(6-4-13)10-21-11-15(9-17(21)23)18(24)20-19(2,12-22)16-7-8-16/h3-6,15-16,22H,7-12H2,1-2H3,(H,20,24). The van der Waals surface area contributed by atoms with Crippen molar-refractivity contribution in [2.45, 2.75) is 45.2 Å². The molecule has 1 aromatic rings. The highest BCUT2D eigenvalue weighted by Crippen LogP contribution is 2.39. The van der Waals surface area contributed by atoms with Gasteiger partial charge in [0, 0.05) is 19.5 Å². The average molecular weight is 330 g/mol. The first-order valence-electron chi connectivity index (χ1n) is 8.67. The van der Waals surface area contributed by atoms with Crippen molar-refractivity contribution in [2.75, 3.05) is 13.2 Å². The van der Waals surface area contributed by atoms with Gasteiger partial charge in [0.15, 0.2) is 0 Å². The number of hydrogen-bond donors (Lipinski definition) is 2. The second kappa shape index (κ2) is 6.55. The predicted molar refractivity (Wildman–Crippen MR) is 91.1 cm³/mol. The lowest BCUT2D eigenvalue weighted by molar-refractivity contribution is -0.130. The predicted octanol–water partition coefficient (Wildman–Crippen LogP) is 1.62. The molecule has 1 saturated heterocycles. The van der Waals surface area contributed by atoms with Crippen molar-refractivity contribution in [3.05, 3.63) is 35.4 Å². The molecule has 1 aliphatic carbocycles. The first-order valence-corrected chi connectivity index (χ1v) is 8.67. The molecule has 0 radical (unpaired) electrons. The normalized spacial score (nSPS) is 23.2. The molecular formula is C19H26N2O3. The lowest BCUT2D eigenvalue weighted by Crippen LogP contribution is -2.52. The van der Waals surface area contributed by atoms with Crippen LogP contribution in [0.5, 0.6) is 0 Å². The fourth-order valence-electron chi connectivity index (χ4n) is 3.39. The van der Waals surface area contributed by atoms with Gasteiger partial charge in [-0.2, -0.15) is 0 Å². The average Bonchev–Trinajstić information content (AvgIpc) is 3.35. The topological polar surface area (TPSA) is 69.6 Å². The summed E-state index contributed by atoms with van der Waals surface area (Å²) in [6, 6.07) is 8.10. The van der Waals surface area contributed by atoms with Gasteiger partial charge in [-0.25, -0.2) is 0 Å². The monoisotopic (exact) mass is 330 g/mol. The van der Waals surface area contributed by atoms with E-state index >= 15 is 0 Å². The number of benzene rings is 1. The largest absolute Gasteiger partial charge is 0.394 e. The molecule has 5 nitrogen and oxygen atoms in total. The second-order valence-corrected chi connectivity index (χ2v) is 7.50. The first-order chi connectivity index (χ1) is 11.4. The van der Waals surface area contributed by atoms with Gasteiger partial charge >= 0.3 is 0 Å². The third kappa shape index (κ3) is 3.61. The first kappa shape index (κ1) is 17.0. The lowest BCUT2D eigenvalue weighted by atomic mass is 9.95. The lowest BCUT2D eigenvalue weighted by Gasteiger charge is -2.30. The van der Waals surface area contributed by atoms with Crippen LogP contribution in [0.2, 0.25) is 0 Å². The van der Waals surface area contributed by atoms with Gasteiger partial charge in [0.1, 0.15) is 0 Å². The molecule has 3 rings (SSSR count). The number of aliphatic hydroxyl groups excluding tert-OH is 1. The number of carbonyl (C=O) groups is 2. The third-order valence-electron chi connectivity index (χ3n) is 5.29. The summed E-state index contributed by atoms with van der Waals surface area (Å²) in [5, 5.41) is 12.6. The third-order valence-corrected chi connectivity index (χ3v) is 5.29. The van der Waals surface area contributed by atoms with E-state index in [4.69, 9.17) is 0 Å². The Balaban J connectivity index is 1.59. The van der Waals surface area contributed by atoms with Gasteiger partial charge in [-0.15, -0.1) is 0 Å². The van der Waals surface area contributed by atoms with Gasteiger partial charge in [-0.1, -0.05) is 29.8 Å². The minimum Gasteiger partial charge on any atom is -0.394 e. The highest BCUT2D eigenvalue weighted by molar-refractivity contribution is 5.89. The minimum atomic E-state index is -0.551. The summed E-state index contributed by atoms with van der Waals surface area (Å²) in [5.41, 5.74) is 1.71. The number of carbonyl (C=O) groups excluding carboxylic acids is 2. The SMILES string of the molecule is Cc1ccc(CN2CC(C(=O)NC(C)(CO)C3CC3)CC2=O)cc1. The van der Waals surface area contributed by atoms with E-state index in [0.717, 1.165) is 18.4 Å². The number of likely N-dealkylation sites (tertiary alicyclic amines) is 1. The molecule has 0 bridgehead atoms. The summed E-state index contributed by atoms with van der Waals surface area (Å²) in [6.45, 7) is 4.86. The van der Waals surface area contributed by atoms with Crippen LogP contribution in [0.25, 0.3) is 0 Å². The Kier molecular flexibility index (Phi) is 4.63. The fraction of sp³-hybridized carbons (Fsp3) is 0.579. The minimum absolute atomic E-state index is 0.0212. The van der Waals surface area contributed by atoms with Gasteiger partial charge in [0.2, 0.25) is 11.8 Å². The molecule has 0 aromatic heterocycles. The number of hydrogen-bond acceptors (Lipinski definition) is 3. The van der Waals surface area contributed by atoms with Crippen molar-refractivity contribution >= 4 is 11.8 Å². The molecule has 0 spiro atoms. The van der Waals surface area contributed by atoms with Crippen LogP contribution in [-0.2, 0) is 16.1 Å². The van der Waals surface area contributed by atoms with Crippen molar-refractivity contribution < 1.29 is 14.7 Å². The Morgan fingerprint density at radius 3 is 2.58 bits per heavy atom. The molecule has 1 aliphatic heterocycles. The van der Waals surface area contributed by atoms with Gasteiger partial charge in [-0.3, -0.25) is 9.59 Å². The highest BCUT2D eigenvalue weighted by atomic mass is 16.3. The van der Waals surface area contributed by atoms with Crippen LogP contribution in [0.15, 0.2) is 24.3 Å². The smallest absolute Gasteiger partial charge is 0.225 e. The Labute approximate surface area is 143 Å². The Bertz CT molecular complexity index is 624. The van der Waals surface area contributed by atoms with E-state index in [0.29, 0.717) is 19.0 Å². The molecule has 24 heavy (non-hydrogen) atoms. The number of amides is 2. The summed E-state index contributed by atoms with van der Waals surface area (Å²) in [5.74, 6) is -0.0640. The Morgan fingerprint density at radius 2 is 2.00 bits per heavy atom. The van der Waals surface area contributed by atoms with Crippen LogP contribution in [0.1, 0.15) is 37.3 Å². The number of nitrogens with zero attached hydrogens (tertiary/aromatic N) is 1. The molecule has 2 aliphatic rings. The van der Waals surface area contributed by atoms with Crippen LogP contribution in [-0.4, -0.2) is 40.5 Å². The molecular weight excluding hydrogens is 304 g/mol. The van der Waals surface area contributed by atoms with Crippen LogP contribution >= 0.6 is 0 Å². The zero-order valence-corrected chi connectivity index (χ0v) is 14.4. The van der Waals surface area contributed by atoms with E-state index in [1.807, 2.05) is 38.1 Å². The van der Waals surface area contributed by atoms with E-state index in [1.54, 1.807) is 4.90 Å². The maximum absolute atomic E-state index is 12.5. The zero-order chi connectivity index (χ0) is 17.3. The van der Waals surface area contributed by atoms with Gasteiger partial charge in [0.25, 0.3) is 0 Å². The van der Waals surface area contributed by atoms with Crippen molar-refractivity contribution in [2.24, 2.45) is 11.8 Å². The molecule has 2 fully saturated rings. The van der Waals surface area contributed by atoms with Crippen molar-refractivity contribution in [3.63, 3.8) is 0 Å². The van der Waals surface area contributed by atoms with Crippen molar-refractivity contribution in [1.29, 1.82) is 0 Å². The Hall–Kier alpha value is -1.88. The highest BCUT2D eigenvalue weighted by Gasteiger charge is 2.44. The quantitative estimate of drug-likeness (QED) is 0.833. The van der Waals surface area contributed by atoms with Crippen LogP contribution < -0.4 is 5.32 Å². The summed E-state index contributed by atoms with van der Waals surface area (Å²) >= 11 is 0. The van der Waals surface area contributed by atoms with Crippen molar-refractivity contribution in [1.82, 2.24) is 10.2 Å². The molecule has 2 amide bonds. The summed E-state index contributed by atoms with van der Waals surface area (Å²) in [4.78, 5) is 26.5. The maximum Gasteiger partial charge on any atom is 0.225 e. The van der Waals surface area contributed by atoms with E-state index in [1.165, 1.54) is 5.56 Å². The second-order valence-electron chi connectivity index (χ2n) is 7.50. The molecule has 2 N–H and O–H groups in total. The molecule has 5 heteroatoms. The number of rotatable bonds is 6. The molecule has 2 unspecified atom stereocenters. The van der Waals surface area contributed by atoms with Gasteiger partial charge in [0.05, 0.1) is 18.1 Å². The summed E-state index contributed by atoms with van der Waals surface area (Å²) < 4.78 is 0. The number of aliphatic hydroxyl groups is 1. The Morgan fingerprint density at radius 1 is 1.33 bits per heavy atom. The molecule has 1 heterocycles. The summed E-state index contributed by atoms with van der Waals surface area (Å²) in [6.07, 6.45) is 2.34. The summed E-state index contributed by atoms with van der Waals surface area (Å²) in [7, 11) is 0.